The molecule has 3 heterocycles. The lowest BCUT2D eigenvalue weighted by Crippen LogP contribution is -2.47. The monoisotopic (exact) mass is 414 g/mol. The third-order valence-electron chi connectivity index (χ3n) is 5.14. The van der Waals surface area contributed by atoms with E-state index in [1.165, 1.54) is 6.20 Å². The number of nitrogens with zero attached hydrogens (tertiary/aromatic N) is 5. The van der Waals surface area contributed by atoms with E-state index < -0.39 is 10.0 Å². The van der Waals surface area contributed by atoms with Gasteiger partial charge in [-0.2, -0.15) is 5.26 Å². The third kappa shape index (κ3) is 5.02. The molecule has 0 radical (unpaired) electrons. The Labute approximate surface area is 172 Å². The molecular weight excluding hydrogens is 388 g/mol. The highest BCUT2D eigenvalue weighted by molar-refractivity contribution is 7.89. The van der Waals surface area contributed by atoms with Gasteiger partial charge in [0, 0.05) is 44.6 Å². The van der Waals surface area contributed by atoms with Gasteiger partial charge in [-0.05, 0) is 37.1 Å². The maximum atomic E-state index is 12.5. The van der Waals surface area contributed by atoms with Crippen LogP contribution in [-0.2, 0) is 10.0 Å². The first-order valence-corrected chi connectivity index (χ1v) is 11.3. The van der Waals surface area contributed by atoms with E-state index in [1.807, 2.05) is 13.8 Å². The van der Waals surface area contributed by atoms with E-state index in [0.29, 0.717) is 5.56 Å². The third-order valence-corrected chi connectivity index (χ3v) is 6.65. The highest BCUT2D eigenvalue weighted by Gasteiger charge is 2.22. The van der Waals surface area contributed by atoms with Gasteiger partial charge >= 0.3 is 0 Å². The highest BCUT2D eigenvalue weighted by Crippen LogP contribution is 2.20. The number of nitrogens with one attached hydrogen (secondary N) is 1. The van der Waals surface area contributed by atoms with Crippen molar-refractivity contribution in [1.29, 1.82) is 5.26 Å². The summed E-state index contributed by atoms with van der Waals surface area (Å²) in [7, 11) is -3.56. The fraction of sp³-hybridized carbons (Fsp3) is 0.450. The minimum absolute atomic E-state index is 0.0686. The summed E-state index contributed by atoms with van der Waals surface area (Å²) in [6.07, 6.45) is 4.57. The van der Waals surface area contributed by atoms with E-state index >= 15 is 0 Å². The van der Waals surface area contributed by atoms with Crippen molar-refractivity contribution < 1.29 is 8.42 Å². The summed E-state index contributed by atoms with van der Waals surface area (Å²) in [6.45, 7) is 6.90. The molecule has 154 valence electrons. The first-order chi connectivity index (χ1) is 14.0. The maximum absolute atomic E-state index is 12.5. The molecule has 2 aromatic rings. The Balaban J connectivity index is 1.64. The van der Waals surface area contributed by atoms with Gasteiger partial charge in [-0.15, -0.1) is 0 Å². The van der Waals surface area contributed by atoms with Crippen LogP contribution < -0.4 is 14.5 Å². The molecule has 0 atom stereocenters. The summed E-state index contributed by atoms with van der Waals surface area (Å²) < 4.78 is 27.7. The average Bonchev–Trinajstić information content (AvgIpc) is 2.77. The van der Waals surface area contributed by atoms with Gasteiger partial charge < -0.3 is 9.80 Å². The van der Waals surface area contributed by atoms with Gasteiger partial charge in [-0.1, -0.05) is 13.8 Å². The fourth-order valence-corrected chi connectivity index (χ4v) is 4.63. The van der Waals surface area contributed by atoms with Gasteiger partial charge in [0.1, 0.15) is 16.5 Å². The van der Waals surface area contributed by atoms with Crippen LogP contribution >= 0.6 is 0 Å². The molecule has 9 heteroatoms. The Morgan fingerprint density at radius 2 is 1.72 bits per heavy atom. The van der Waals surface area contributed by atoms with Gasteiger partial charge in [0.2, 0.25) is 10.0 Å². The average molecular weight is 415 g/mol. The Kier molecular flexibility index (Phi) is 6.67. The van der Waals surface area contributed by atoms with Crippen molar-refractivity contribution in [3.05, 3.63) is 42.2 Å². The van der Waals surface area contributed by atoms with Gasteiger partial charge in [0.05, 0.1) is 11.6 Å². The van der Waals surface area contributed by atoms with E-state index in [2.05, 4.69) is 30.6 Å². The molecule has 1 aliphatic heterocycles. The zero-order chi connectivity index (χ0) is 20.9. The second-order valence-corrected chi connectivity index (χ2v) is 8.69. The molecular formula is C20H26N6O2S. The van der Waals surface area contributed by atoms with E-state index in [-0.39, 0.29) is 10.9 Å². The van der Waals surface area contributed by atoms with Crippen molar-refractivity contribution in [1.82, 2.24) is 14.7 Å². The van der Waals surface area contributed by atoms with E-state index in [9.17, 15) is 8.42 Å². The van der Waals surface area contributed by atoms with Gasteiger partial charge in [-0.25, -0.2) is 23.1 Å². The number of hydrogen-bond donors (Lipinski definition) is 1. The van der Waals surface area contributed by atoms with E-state index in [1.54, 1.807) is 30.5 Å². The second-order valence-electron chi connectivity index (χ2n) is 6.98. The van der Waals surface area contributed by atoms with E-state index in [4.69, 9.17) is 5.26 Å². The Morgan fingerprint density at radius 3 is 2.28 bits per heavy atom. The van der Waals surface area contributed by atoms with Crippen LogP contribution in [0.1, 0.15) is 32.3 Å². The first kappa shape index (κ1) is 21.0. The molecule has 0 spiro atoms. The van der Waals surface area contributed by atoms with Crippen molar-refractivity contribution in [3.8, 4) is 6.07 Å². The number of rotatable bonds is 7. The quantitative estimate of drug-likeness (QED) is 0.740. The van der Waals surface area contributed by atoms with Gasteiger partial charge in [0.25, 0.3) is 0 Å². The summed E-state index contributed by atoms with van der Waals surface area (Å²) in [5.74, 6) is 1.55. The summed E-state index contributed by atoms with van der Waals surface area (Å²) in [5, 5.41) is 9.05. The molecule has 1 N–H and O–H groups in total. The van der Waals surface area contributed by atoms with Crippen molar-refractivity contribution >= 4 is 21.7 Å². The SMILES string of the molecule is CCC(CC)NS(=O)(=O)c1ccc(N2CCN(c3cc(C#N)ccn3)CC2)nc1. The van der Waals surface area contributed by atoms with Crippen LogP contribution in [0.5, 0.6) is 0 Å². The number of anilines is 2. The Hall–Kier alpha value is -2.70. The predicted molar refractivity (Wildman–Crippen MR) is 112 cm³/mol. The topological polar surface area (TPSA) is 102 Å². The van der Waals surface area contributed by atoms with Crippen LogP contribution in [0.2, 0.25) is 0 Å². The largest absolute Gasteiger partial charge is 0.353 e. The summed E-state index contributed by atoms with van der Waals surface area (Å²) in [6, 6.07) is 8.92. The lowest BCUT2D eigenvalue weighted by molar-refractivity contribution is 0.530. The van der Waals surface area contributed by atoms with Crippen LogP contribution in [0.3, 0.4) is 0 Å². The molecule has 0 aromatic carbocycles. The number of aromatic nitrogens is 2. The molecule has 1 fully saturated rings. The minimum atomic E-state index is -3.56. The number of piperazine rings is 1. The molecule has 0 bridgehead atoms. The summed E-state index contributed by atoms with van der Waals surface area (Å²) in [5.41, 5.74) is 0.595. The summed E-state index contributed by atoms with van der Waals surface area (Å²) >= 11 is 0. The lowest BCUT2D eigenvalue weighted by Gasteiger charge is -2.36. The number of pyridine rings is 2. The Bertz CT molecular complexity index is 959. The molecule has 0 unspecified atom stereocenters. The number of sulfonamides is 1. The first-order valence-electron chi connectivity index (χ1n) is 9.81. The zero-order valence-corrected chi connectivity index (χ0v) is 17.6. The van der Waals surface area contributed by atoms with Crippen molar-refractivity contribution in [3.63, 3.8) is 0 Å². The molecule has 0 saturated carbocycles. The molecule has 8 nitrogen and oxygen atoms in total. The standard InChI is InChI=1S/C20H26N6O2S/c1-3-17(4-2)24-29(27,28)18-5-6-19(23-15-18)25-9-11-26(12-10-25)20-13-16(14-21)7-8-22-20/h5-8,13,15,17,24H,3-4,9-12H2,1-2H3. The number of hydrogen-bond acceptors (Lipinski definition) is 7. The molecule has 3 rings (SSSR count). The van der Waals surface area contributed by atoms with Crippen LogP contribution in [0.15, 0.2) is 41.6 Å². The maximum Gasteiger partial charge on any atom is 0.242 e. The van der Waals surface area contributed by atoms with Crippen molar-refractivity contribution in [2.75, 3.05) is 36.0 Å². The molecule has 1 aliphatic rings. The normalized spacial score (nSPS) is 14.8. The predicted octanol–water partition coefficient (Wildman–Crippen LogP) is 2.14. The molecule has 2 aromatic heterocycles. The van der Waals surface area contributed by atoms with Crippen LogP contribution in [0.25, 0.3) is 0 Å². The molecule has 0 aliphatic carbocycles. The van der Waals surface area contributed by atoms with Crippen LogP contribution in [0.4, 0.5) is 11.6 Å². The molecule has 0 amide bonds. The van der Waals surface area contributed by atoms with Crippen molar-refractivity contribution in [2.24, 2.45) is 0 Å². The van der Waals surface area contributed by atoms with Gasteiger partial charge in [0.15, 0.2) is 0 Å². The summed E-state index contributed by atoms with van der Waals surface area (Å²) in [4.78, 5) is 13.2. The van der Waals surface area contributed by atoms with Crippen LogP contribution in [-0.4, -0.2) is 50.6 Å². The van der Waals surface area contributed by atoms with Crippen molar-refractivity contribution in [2.45, 2.75) is 37.6 Å². The zero-order valence-electron chi connectivity index (χ0n) is 16.7. The highest BCUT2D eigenvalue weighted by atomic mass is 32.2. The number of nitriles is 1. The van der Waals surface area contributed by atoms with Crippen LogP contribution in [0, 0.1) is 11.3 Å². The lowest BCUT2D eigenvalue weighted by atomic mass is 10.2. The van der Waals surface area contributed by atoms with Gasteiger partial charge in [-0.3, -0.25) is 0 Å². The second kappa shape index (κ2) is 9.20. The molecule has 29 heavy (non-hydrogen) atoms. The smallest absolute Gasteiger partial charge is 0.242 e. The Morgan fingerprint density at radius 1 is 1.07 bits per heavy atom. The minimum Gasteiger partial charge on any atom is -0.353 e. The van der Waals surface area contributed by atoms with E-state index in [0.717, 1.165) is 50.7 Å². The molecule has 1 saturated heterocycles. The fourth-order valence-electron chi connectivity index (χ4n) is 3.29.